The minimum absolute atomic E-state index is 0.00877. The quantitative estimate of drug-likeness (QED) is 0.727. The van der Waals surface area contributed by atoms with E-state index in [9.17, 15) is 14.3 Å². The highest BCUT2D eigenvalue weighted by atomic mass is 32.2. The van der Waals surface area contributed by atoms with Crippen LogP contribution in [0.3, 0.4) is 0 Å². The number of aromatic hydroxyl groups is 1. The van der Waals surface area contributed by atoms with E-state index in [0.717, 1.165) is 50.9 Å². The number of thioether (sulfide) groups is 1. The molecule has 2 aliphatic heterocycles. The number of phenolic OH excluding ortho intramolecular Hbond substituents is 1. The third-order valence-electron chi connectivity index (χ3n) is 6.67. The van der Waals surface area contributed by atoms with Crippen LogP contribution in [0.5, 0.6) is 5.75 Å². The zero-order chi connectivity index (χ0) is 21.1. The second kappa shape index (κ2) is 9.71. The number of amides is 1. The molecule has 1 saturated carbocycles. The average Bonchev–Trinajstić information content (AvgIpc) is 3.10. The number of morpholine rings is 1. The van der Waals surface area contributed by atoms with Crippen molar-refractivity contribution in [1.29, 1.82) is 0 Å². The lowest BCUT2D eigenvalue weighted by Crippen LogP contribution is -2.36. The van der Waals surface area contributed by atoms with Crippen molar-refractivity contribution in [3.05, 3.63) is 41.4 Å². The van der Waals surface area contributed by atoms with Crippen molar-refractivity contribution in [3.63, 3.8) is 0 Å². The van der Waals surface area contributed by atoms with Crippen LogP contribution in [0.1, 0.15) is 48.5 Å². The number of carbonyl (C=O) groups excluding carboxylic acids is 1. The van der Waals surface area contributed by atoms with Gasteiger partial charge in [0.1, 0.15) is 0 Å². The maximum absolute atomic E-state index is 14.1. The largest absolute Gasteiger partial charge is 0.505 e. The minimum Gasteiger partial charge on any atom is -0.505 e. The Morgan fingerprint density at radius 2 is 2.00 bits per heavy atom. The first-order chi connectivity index (χ1) is 14.5. The third-order valence-corrected chi connectivity index (χ3v) is 8.09. The third kappa shape index (κ3) is 4.84. The van der Waals surface area contributed by atoms with Gasteiger partial charge in [0.2, 0.25) is 0 Å². The van der Waals surface area contributed by atoms with Crippen molar-refractivity contribution in [2.24, 2.45) is 11.8 Å². The molecule has 5 nitrogen and oxygen atoms in total. The molecule has 0 bridgehead atoms. The molecule has 2 fully saturated rings. The molecule has 1 aromatic carbocycles. The molecule has 3 aliphatic rings. The molecule has 0 radical (unpaired) electrons. The lowest BCUT2D eigenvalue weighted by atomic mass is 9.80. The molecule has 2 heterocycles. The van der Waals surface area contributed by atoms with Gasteiger partial charge in [-0.3, -0.25) is 9.69 Å². The molecule has 1 aliphatic carbocycles. The van der Waals surface area contributed by atoms with E-state index in [1.165, 1.54) is 18.9 Å². The second-order valence-electron chi connectivity index (χ2n) is 8.61. The molecule has 0 aromatic heterocycles. The van der Waals surface area contributed by atoms with Crippen LogP contribution in [0, 0.1) is 17.7 Å². The first-order valence-electron chi connectivity index (χ1n) is 10.9. The summed E-state index contributed by atoms with van der Waals surface area (Å²) >= 11 is 2.06. The highest BCUT2D eigenvalue weighted by Crippen LogP contribution is 2.36. The summed E-state index contributed by atoms with van der Waals surface area (Å²) in [5.41, 5.74) is 0.643. The van der Waals surface area contributed by atoms with Crippen LogP contribution < -0.4 is 0 Å². The lowest BCUT2D eigenvalue weighted by molar-refractivity contribution is 0.0473. The number of fused-ring (bicyclic) bond motifs is 1. The molecule has 30 heavy (non-hydrogen) atoms. The van der Waals surface area contributed by atoms with E-state index in [-0.39, 0.29) is 11.5 Å². The molecule has 0 spiro atoms. The molecule has 1 N–H and O–H groups in total. The molecule has 1 saturated heterocycles. The molecule has 164 valence electrons. The Bertz CT molecular complexity index is 789. The molecule has 4 rings (SSSR count). The smallest absolute Gasteiger partial charge is 0.261 e. The van der Waals surface area contributed by atoms with E-state index in [1.54, 1.807) is 11.0 Å². The summed E-state index contributed by atoms with van der Waals surface area (Å²) in [6, 6.07) is 2.94. The van der Waals surface area contributed by atoms with Crippen molar-refractivity contribution in [2.45, 2.75) is 44.4 Å². The standard InChI is InChI=1S/C23H31FN2O3S/c1-16(30-15-25-10-12-29-13-11-25)18-4-2-17(3-5-18)8-9-26-14-19-6-7-20(27)22(24)21(19)23(26)28/h6-9,16-18,27H,2-5,10-15H2,1H3. The predicted molar refractivity (Wildman–Crippen MR) is 117 cm³/mol. The van der Waals surface area contributed by atoms with E-state index in [1.807, 2.05) is 6.20 Å². The average molecular weight is 435 g/mol. The highest BCUT2D eigenvalue weighted by Gasteiger charge is 2.31. The van der Waals surface area contributed by atoms with Gasteiger partial charge in [-0.1, -0.05) is 19.1 Å². The Kier molecular flexibility index (Phi) is 7.01. The van der Waals surface area contributed by atoms with Gasteiger partial charge < -0.3 is 14.7 Å². The van der Waals surface area contributed by atoms with Gasteiger partial charge in [0.05, 0.1) is 25.3 Å². The lowest BCUT2D eigenvalue weighted by Gasteiger charge is -2.33. The fraction of sp³-hybridized carbons (Fsp3) is 0.609. The summed E-state index contributed by atoms with van der Waals surface area (Å²) in [7, 11) is 0. The van der Waals surface area contributed by atoms with Crippen LogP contribution >= 0.6 is 11.8 Å². The number of carbonyl (C=O) groups is 1. The molecule has 1 amide bonds. The van der Waals surface area contributed by atoms with E-state index in [2.05, 4.69) is 29.7 Å². The van der Waals surface area contributed by atoms with E-state index < -0.39 is 11.6 Å². The first-order valence-corrected chi connectivity index (χ1v) is 12.0. The van der Waals surface area contributed by atoms with Crippen LogP contribution in [0.4, 0.5) is 4.39 Å². The zero-order valence-corrected chi connectivity index (χ0v) is 18.4. The zero-order valence-electron chi connectivity index (χ0n) is 17.6. The number of phenols is 1. The monoisotopic (exact) mass is 434 g/mol. The fourth-order valence-corrected chi connectivity index (χ4v) is 5.86. The van der Waals surface area contributed by atoms with Gasteiger partial charge in [0.25, 0.3) is 5.91 Å². The van der Waals surface area contributed by atoms with Crippen LogP contribution in [0.25, 0.3) is 0 Å². The summed E-state index contributed by atoms with van der Waals surface area (Å²) in [5, 5.41) is 10.2. The molecule has 7 heteroatoms. The van der Waals surface area contributed by atoms with Crippen LogP contribution in [0.15, 0.2) is 24.4 Å². The van der Waals surface area contributed by atoms with Gasteiger partial charge in [-0.2, -0.15) is 0 Å². The Balaban J connectivity index is 1.23. The number of hydrogen-bond donors (Lipinski definition) is 1. The summed E-state index contributed by atoms with van der Waals surface area (Å²) < 4.78 is 19.5. The Labute approximate surface area is 182 Å². The van der Waals surface area contributed by atoms with Crippen molar-refractivity contribution >= 4 is 17.7 Å². The summed E-state index contributed by atoms with van der Waals surface area (Å²) in [4.78, 5) is 16.5. The van der Waals surface area contributed by atoms with Crippen molar-refractivity contribution < 1.29 is 19.0 Å². The fourth-order valence-electron chi connectivity index (χ4n) is 4.61. The maximum atomic E-state index is 14.1. The van der Waals surface area contributed by atoms with Gasteiger partial charge in [-0.25, -0.2) is 4.39 Å². The Morgan fingerprint density at radius 1 is 1.27 bits per heavy atom. The first kappa shape index (κ1) is 21.7. The summed E-state index contributed by atoms with van der Waals surface area (Å²) in [5.74, 6) is 0.664. The number of ether oxygens (including phenoxy) is 1. The van der Waals surface area contributed by atoms with Crippen LogP contribution in [-0.2, 0) is 11.3 Å². The van der Waals surface area contributed by atoms with Crippen LogP contribution in [-0.4, -0.2) is 58.2 Å². The van der Waals surface area contributed by atoms with Crippen molar-refractivity contribution in [1.82, 2.24) is 9.80 Å². The number of nitrogens with zero attached hydrogens (tertiary/aromatic N) is 2. The molecule has 1 aromatic rings. The summed E-state index contributed by atoms with van der Waals surface area (Å²) in [6.45, 7) is 6.51. The number of allylic oxidation sites excluding steroid dienone is 1. The molecule has 1 unspecified atom stereocenters. The van der Waals surface area contributed by atoms with E-state index in [0.29, 0.717) is 23.3 Å². The predicted octanol–water partition coefficient (Wildman–Crippen LogP) is 4.22. The van der Waals surface area contributed by atoms with Gasteiger partial charge in [-0.15, -0.1) is 11.8 Å². The molecular formula is C23H31FN2O3S. The van der Waals surface area contributed by atoms with Crippen molar-refractivity contribution in [2.75, 3.05) is 32.2 Å². The van der Waals surface area contributed by atoms with Crippen LogP contribution in [0.2, 0.25) is 0 Å². The topological polar surface area (TPSA) is 53.0 Å². The van der Waals surface area contributed by atoms with Gasteiger partial charge in [0.15, 0.2) is 11.6 Å². The number of halogens is 1. The van der Waals surface area contributed by atoms with Crippen molar-refractivity contribution in [3.8, 4) is 5.75 Å². The van der Waals surface area contributed by atoms with E-state index in [4.69, 9.17) is 4.74 Å². The highest BCUT2D eigenvalue weighted by molar-refractivity contribution is 7.99. The number of hydrogen-bond acceptors (Lipinski definition) is 5. The Hall–Kier alpha value is -1.57. The SMILES string of the molecule is CC(SCN1CCOCC1)C1CCC(C=CN2Cc3ccc(O)c(F)c3C2=O)CC1. The van der Waals surface area contributed by atoms with Gasteiger partial charge in [0, 0.05) is 30.4 Å². The van der Waals surface area contributed by atoms with E-state index >= 15 is 0 Å². The van der Waals surface area contributed by atoms with Gasteiger partial charge in [-0.05, 0) is 49.1 Å². The van der Waals surface area contributed by atoms with Gasteiger partial charge >= 0.3 is 0 Å². The number of benzene rings is 1. The summed E-state index contributed by atoms with van der Waals surface area (Å²) in [6.07, 6.45) is 8.62. The number of rotatable bonds is 6. The normalized spacial score (nSPS) is 26.3. The minimum atomic E-state index is -0.808. The maximum Gasteiger partial charge on any atom is 0.261 e. The Morgan fingerprint density at radius 3 is 2.73 bits per heavy atom. The molecular weight excluding hydrogens is 403 g/mol. The second-order valence-corrected chi connectivity index (χ2v) is 9.95. The molecule has 1 atom stereocenters.